The zero-order valence-electron chi connectivity index (χ0n) is 50.0. The van der Waals surface area contributed by atoms with Gasteiger partial charge in [0.05, 0.1) is 50.6 Å². The van der Waals surface area contributed by atoms with Crippen molar-refractivity contribution in [3.05, 3.63) is 140 Å². The molecule has 5 N–H and O–H groups in total. The lowest BCUT2D eigenvalue weighted by atomic mass is 9.65. The van der Waals surface area contributed by atoms with Gasteiger partial charge in [0.15, 0.2) is 16.0 Å². The molecule has 1 spiro atoms. The molecule has 3 fully saturated rings. The first-order valence-corrected chi connectivity index (χ1v) is 33.2. The van der Waals surface area contributed by atoms with Crippen LogP contribution in [0.3, 0.4) is 0 Å². The molecule has 7 aromatic rings. The van der Waals surface area contributed by atoms with Gasteiger partial charge in [0.1, 0.15) is 17.8 Å². The number of hydrogen-bond donors (Lipinski definition) is 5. The molecule has 3 aliphatic heterocycles. The molecule has 0 bridgehead atoms. The fourth-order valence-corrected chi connectivity index (χ4v) is 15.7. The number of para-hydroxylation sites is 1. The van der Waals surface area contributed by atoms with Crippen LogP contribution in [0.25, 0.3) is 20.7 Å². The van der Waals surface area contributed by atoms with Crippen molar-refractivity contribution < 1.29 is 38.9 Å². The van der Waals surface area contributed by atoms with E-state index in [-0.39, 0.29) is 60.2 Å². The summed E-state index contributed by atoms with van der Waals surface area (Å²) in [7, 11) is 0. The van der Waals surface area contributed by atoms with Crippen LogP contribution in [0.5, 0.6) is 5.75 Å². The van der Waals surface area contributed by atoms with Crippen LogP contribution >= 0.6 is 45.6 Å². The number of anilines is 2. The molecule has 1 saturated carbocycles. The van der Waals surface area contributed by atoms with Gasteiger partial charge in [-0.15, -0.1) is 22.7 Å². The van der Waals surface area contributed by atoms with Crippen molar-refractivity contribution in [2.45, 2.75) is 130 Å². The van der Waals surface area contributed by atoms with E-state index in [4.69, 9.17) is 16.3 Å². The summed E-state index contributed by atoms with van der Waals surface area (Å²) in [5.41, 5.74) is 8.54. The quantitative estimate of drug-likeness (QED) is 0.0399. The zero-order valence-corrected chi connectivity index (χ0v) is 53.2. The molecule has 4 aliphatic rings. The smallest absolute Gasteiger partial charge is 0.355 e. The zero-order chi connectivity index (χ0) is 61.7. The number of benzene rings is 4. The van der Waals surface area contributed by atoms with Crippen LogP contribution in [0.2, 0.25) is 5.02 Å². The number of aromatic carboxylic acids is 1. The van der Waals surface area contributed by atoms with Crippen LogP contribution in [0.1, 0.15) is 132 Å². The number of aromatic nitrogens is 3. The highest BCUT2D eigenvalue weighted by molar-refractivity contribution is 7.22. The molecule has 460 valence electrons. The topological polar surface area (TPSA) is 220 Å². The molecule has 4 aromatic carbocycles. The van der Waals surface area contributed by atoms with E-state index in [0.29, 0.717) is 83.4 Å². The van der Waals surface area contributed by atoms with Gasteiger partial charge < -0.3 is 35.4 Å². The van der Waals surface area contributed by atoms with E-state index in [0.717, 1.165) is 100 Å². The van der Waals surface area contributed by atoms with E-state index in [1.807, 2.05) is 123 Å². The fraction of sp³-hybridized carbons (Fsp3) is 0.433. The van der Waals surface area contributed by atoms with E-state index < -0.39 is 29.6 Å². The summed E-state index contributed by atoms with van der Waals surface area (Å²) >= 11 is 11.1. The number of nitrogens with zero attached hydrogens (tertiary/aromatic N) is 6. The summed E-state index contributed by atoms with van der Waals surface area (Å²) in [4.78, 5) is 88.9. The molecule has 3 atom stereocenters. The molecule has 4 amide bonds. The van der Waals surface area contributed by atoms with Crippen LogP contribution < -0.4 is 25.6 Å². The third-order valence-corrected chi connectivity index (χ3v) is 21.1. The number of nitrogens with one attached hydrogen (secondary N) is 3. The Morgan fingerprint density at radius 1 is 0.932 bits per heavy atom. The Bertz CT molecular complexity index is 3740. The highest BCUT2D eigenvalue weighted by Crippen LogP contribution is 2.47. The third-order valence-electron chi connectivity index (χ3n) is 17.7. The van der Waals surface area contributed by atoms with E-state index >= 15 is 0 Å². The number of rotatable bonds is 18. The summed E-state index contributed by atoms with van der Waals surface area (Å²) in [6.07, 6.45) is 7.45. The number of thiazole rings is 3. The molecular formula is C67H74ClN9O8S3. The van der Waals surface area contributed by atoms with Crippen LogP contribution in [0.4, 0.5) is 10.3 Å². The Morgan fingerprint density at radius 2 is 1.72 bits per heavy atom. The SMILES string of the molecule is Cc1ncsc1-c1ccc(CNC(=O)[C@@H]2C[C@@H](O)CN2C(=O)[C@@H](NC(=O)CC2CCC3(CC2)CCN(CC#Cc2ccc(OCCCc4sc(N5CCc6cccc(C(=O)Nc7nc8ccccc8s7)c6C5)nc4C(=O)O)c(Cl)c2)CC3)C(C)(C)C)cc1. The van der Waals surface area contributed by atoms with Crippen molar-refractivity contribution in [3.8, 4) is 28.0 Å². The molecule has 2 saturated heterocycles. The van der Waals surface area contributed by atoms with Crippen molar-refractivity contribution in [2.24, 2.45) is 16.7 Å². The number of carboxylic acids is 1. The summed E-state index contributed by atoms with van der Waals surface area (Å²) in [6.45, 7) is 11.9. The summed E-state index contributed by atoms with van der Waals surface area (Å²) in [5.74, 6) is 5.19. The van der Waals surface area contributed by atoms with Gasteiger partial charge in [-0.1, -0.05) is 104 Å². The average Bonchev–Trinajstić information content (AvgIpc) is 4.23. The Balaban J connectivity index is 0.598. The number of carbonyl (C=O) groups is 5. The lowest BCUT2D eigenvalue weighted by Crippen LogP contribution is -2.57. The predicted molar refractivity (Wildman–Crippen MR) is 346 cm³/mol. The molecule has 3 aromatic heterocycles. The van der Waals surface area contributed by atoms with Gasteiger partial charge in [-0.3, -0.25) is 29.4 Å². The maximum Gasteiger partial charge on any atom is 0.355 e. The summed E-state index contributed by atoms with van der Waals surface area (Å²) < 4.78 is 7.08. The van der Waals surface area contributed by atoms with E-state index in [2.05, 4.69) is 47.6 Å². The van der Waals surface area contributed by atoms with Crippen LogP contribution in [0.15, 0.2) is 90.4 Å². The van der Waals surface area contributed by atoms with Gasteiger partial charge in [0, 0.05) is 55.0 Å². The van der Waals surface area contributed by atoms with Gasteiger partial charge in [-0.25, -0.2) is 19.7 Å². The molecular weight excluding hydrogens is 1190 g/mol. The standard InChI is InChI=1S/C67H74ClN9O8S3/c1-41-58(86-40-70-41)46-19-16-44(17-20-46)37-69-61(81)52-36-47(78)38-77(52)62(82)59(66(2,3)4)72-56(79)35-43-22-25-67(26-23-43)27-31-75(32-28-67)29-8-10-42-18-21-53(50(68)34-42)85-33-9-15-55-57(63(83)84)73-65(88-55)76-30-24-45-11-7-12-48(49(45)39-76)60(80)74-64-71-51-13-5-6-14-54(51)87-64/h5-7,11-14,16-21,34,40,43,47,52,59,78H,9,15,22-33,35-39H2,1-4H3,(H,69,81)(H,72,79)(H,83,84)(H,71,74,80)/t47-,52+,59-/m1/s1. The number of aliphatic hydroxyl groups excluding tert-OH is 1. The number of aryl methyl sites for hydroxylation is 2. The number of fused-ring (bicyclic) bond motifs is 2. The molecule has 0 unspecified atom stereocenters. The second-order valence-corrected chi connectivity index (χ2v) is 28.3. The molecule has 1 aliphatic carbocycles. The van der Waals surface area contributed by atoms with Gasteiger partial charge >= 0.3 is 5.97 Å². The van der Waals surface area contributed by atoms with Crippen LogP contribution in [0, 0.1) is 35.5 Å². The number of amides is 4. The minimum Gasteiger partial charge on any atom is -0.492 e. The van der Waals surface area contributed by atoms with Gasteiger partial charge in [0.25, 0.3) is 5.91 Å². The van der Waals surface area contributed by atoms with Crippen molar-refractivity contribution in [1.29, 1.82) is 0 Å². The average molecular weight is 1270 g/mol. The van der Waals surface area contributed by atoms with E-state index in [9.17, 15) is 34.2 Å². The largest absolute Gasteiger partial charge is 0.492 e. The van der Waals surface area contributed by atoms with Crippen molar-refractivity contribution in [2.75, 3.05) is 49.5 Å². The Morgan fingerprint density at radius 3 is 2.44 bits per heavy atom. The molecule has 11 rings (SSSR count). The minimum absolute atomic E-state index is 0.0245. The number of carbonyl (C=O) groups excluding carboxylic acids is 4. The lowest BCUT2D eigenvalue weighted by Gasteiger charge is -2.45. The second kappa shape index (κ2) is 27.2. The monoisotopic (exact) mass is 1260 g/mol. The molecule has 17 nitrogen and oxygen atoms in total. The number of carboxylic acid groups (broad SMARTS) is 1. The maximum atomic E-state index is 14.3. The highest BCUT2D eigenvalue weighted by atomic mass is 35.5. The molecule has 88 heavy (non-hydrogen) atoms. The Hall–Kier alpha value is -7.25. The normalized spacial score (nSPS) is 18.1. The highest BCUT2D eigenvalue weighted by Gasteiger charge is 2.45. The van der Waals surface area contributed by atoms with Gasteiger partial charge in [0.2, 0.25) is 17.7 Å². The number of piperidine rings is 1. The van der Waals surface area contributed by atoms with E-state index in [1.165, 1.54) is 27.6 Å². The van der Waals surface area contributed by atoms with Crippen LogP contribution in [-0.4, -0.2) is 122 Å². The molecule has 21 heteroatoms. The second-order valence-electron chi connectivity index (χ2n) is 24.9. The summed E-state index contributed by atoms with van der Waals surface area (Å²) in [5, 5.41) is 31.5. The first-order valence-electron chi connectivity index (χ1n) is 30.3. The fourth-order valence-electron chi connectivity index (χ4n) is 12.7. The van der Waals surface area contributed by atoms with Crippen molar-refractivity contribution in [3.63, 3.8) is 0 Å². The van der Waals surface area contributed by atoms with E-state index in [1.54, 1.807) is 11.3 Å². The minimum atomic E-state index is -1.09. The number of hydrogen-bond acceptors (Lipinski definition) is 15. The third kappa shape index (κ3) is 14.7. The van der Waals surface area contributed by atoms with Gasteiger partial charge in [-0.2, -0.15) is 0 Å². The number of ether oxygens (including phenoxy) is 1. The number of β-amino-alcohol motifs (C(OH)–C–C–N with tert-alkyl or cyclic N) is 1. The predicted octanol–water partition coefficient (Wildman–Crippen LogP) is 11.2. The van der Waals surface area contributed by atoms with Crippen molar-refractivity contribution >= 4 is 95.7 Å². The number of likely N-dealkylation sites (tertiary alicyclic amines) is 2. The first-order chi connectivity index (χ1) is 42.3. The van der Waals surface area contributed by atoms with Crippen molar-refractivity contribution in [1.82, 2.24) is 35.4 Å². The Kier molecular flexibility index (Phi) is 19.3. The van der Waals surface area contributed by atoms with Crippen LogP contribution in [-0.2, 0) is 40.3 Å². The summed E-state index contributed by atoms with van der Waals surface area (Å²) in [6, 6.07) is 25.3. The molecule has 6 heterocycles. The number of halogens is 1. The Labute approximate surface area is 530 Å². The first kappa shape index (κ1) is 62.4. The lowest BCUT2D eigenvalue weighted by molar-refractivity contribution is -0.144. The molecule has 0 radical (unpaired) electrons. The van der Waals surface area contributed by atoms with Gasteiger partial charge in [-0.05, 0) is 153 Å². The number of aliphatic hydroxyl groups is 1. The maximum absolute atomic E-state index is 14.3.